The lowest BCUT2D eigenvalue weighted by Gasteiger charge is -2.18. The fourth-order valence-electron chi connectivity index (χ4n) is 3.75. The van der Waals surface area contributed by atoms with Crippen molar-refractivity contribution < 1.29 is 23.1 Å². The first kappa shape index (κ1) is 24.6. The summed E-state index contributed by atoms with van der Waals surface area (Å²) in [5.74, 6) is -2.13. The van der Waals surface area contributed by atoms with E-state index in [0.29, 0.717) is 5.56 Å². The molecular weight excluding hydrogens is 468 g/mol. The van der Waals surface area contributed by atoms with Gasteiger partial charge in [-0.15, -0.1) is 0 Å². The second-order valence-electron chi connectivity index (χ2n) is 7.96. The zero-order chi connectivity index (χ0) is 25.7. The largest absolute Gasteiger partial charge is 0.466 e. The number of carbonyl (C=O) groups excluding carboxylic acids is 2. The van der Waals surface area contributed by atoms with Crippen LogP contribution >= 0.6 is 0 Å². The number of halogens is 2. The van der Waals surface area contributed by atoms with E-state index in [4.69, 9.17) is 4.74 Å². The van der Waals surface area contributed by atoms with Crippen LogP contribution in [0.5, 0.6) is 0 Å². The lowest BCUT2D eigenvalue weighted by Crippen LogP contribution is -2.31. The molecule has 3 aromatic carbocycles. The van der Waals surface area contributed by atoms with E-state index in [2.05, 4.69) is 10.4 Å². The molecule has 1 atom stereocenters. The van der Waals surface area contributed by atoms with E-state index in [1.807, 2.05) is 0 Å². The van der Waals surface area contributed by atoms with E-state index < -0.39 is 29.3 Å². The van der Waals surface area contributed by atoms with Gasteiger partial charge in [0.2, 0.25) is 0 Å². The van der Waals surface area contributed by atoms with Crippen molar-refractivity contribution in [3.05, 3.63) is 112 Å². The molecule has 0 bridgehead atoms. The van der Waals surface area contributed by atoms with Gasteiger partial charge in [-0.1, -0.05) is 48.5 Å². The van der Waals surface area contributed by atoms with Gasteiger partial charge in [-0.25, -0.2) is 13.5 Å². The number of aromatic amines is 1. The van der Waals surface area contributed by atoms with Gasteiger partial charge in [0.05, 0.1) is 19.1 Å². The highest BCUT2D eigenvalue weighted by Crippen LogP contribution is 2.24. The molecule has 1 amide bonds. The van der Waals surface area contributed by atoms with Gasteiger partial charge in [0, 0.05) is 6.07 Å². The number of nitrogens with one attached hydrogen (secondary N) is 2. The van der Waals surface area contributed by atoms with Crippen LogP contribution in [0.3, 0.4) is 0 Å². The third kappa shape index (κ3) is 5.57. The Hall–Kier alpha value is -4.53. The Bertz CT molecular complexity index is 1430. The molecule has 4 rings (SSSR count). The first-order chi connectivity index (χ1) is 17.4. The Morgan fingerprint density at radius 1 is 0.972 bits per heavy atom. The molecule has 0 radical (unpaired) electrons. The molecule has 0 aliphatic heterocycles. The van der Waals surface area contributed by atoms with Crippen molar-refractivity contribution >= 4 is 11.9 Å². The molecule has 0 aliphatic rings. The molecule has 0 fully saturated rings. The van der Waals surface area contributed by atoms with Gasteiger partial charge < -0.3 is 10.1 Å². The molecule has 184 valence electrons. The van der Waals surface area contributed by atoms with Crippen molar-refractivity contribution in [2.45, 2.75) is 19.4 Å². The maximum Gasteiger partial charge on any atom is 0.308 e. The molecule has 0 saturated carbocycles. The molecule has 0 spiro atoms. The van der Waals surface area contributed by atoms with Gasteiger partial charge in [0.1, 0.15) is 23.0 Å². The topological polar surface area (TPSA) is 93.2 Å². The summed E-state index contributed by atoms with van der Waals surface area (Å²) in [5.41, 5.74) is 1.52. The Kier molecular flexibility index (Phi) is 7.39. The number of amides is 1. The SMILES string of the molecule is CCOC(=O)CC(NC(=O)c1cc(=O)n(-c2ccccc2F)[nH]1)c1ccc(-c2ccc(F)cc2)cc1. The molecule has 2 N–H and O–H groups in total. The average Bonchev–Trinajstić information content (AvgIpc) is 3.26. The summed E-state index contributed by atoms with van der Waals surface area (Å²) in [4.78, 5) is 37.6. The van der Waals surface area contributed by atoms with Crippen molar-refractivity contribution in [3.63, 3.8) is 0 Å². The molecule has 0 saturated heterocycles. The highest BCUT2D eigenvalue weighted by atomic mass is 19.1. The molecule has 1 heterocycles. The molecule has 0 aliphatic carbocycles. The van der Waals surface area contributed by atoms with Crippen molar-refractivity contribution in [2.75, 3.05) is 6.61 Å². The van der Waals surface area contributed by atoms with Crippen molar-refractivity contribution in [1.29, 1.82) is 0 Å². The summed E-state index contributed by atoms with van der Waals surface area (Å²) in [7, 11) is 0. The predicted molar refractivity (Wildman–Crippen MR) is 130 cm³/mol. The van der Waals surface area contributed by atoms with Crippen LogP contribution in [0.25, 0.3) is 16.8 Å². The predicted octanol–water partition coefficient (Wildman–Crippen LogP) is 4.54. The number of rotatable bonds is 8. The molecule has 1 aromatic heterocycles. The Labute approximate surface area is 205 Å². The number of para-hydroxylation sites is 1. The maximum atomic E-state index is 14.1. The number of benzene rings is 3. The summed E-state index contributed by atoms with van der Waals surface area (Å²) < 4.78 is 33.4. The lowest BCUT2D eigenvalue weighted by atomic mass is 9.99. The number of carbonyl (C=O) groups is 2. The number of H-pyrrole nitrogens is 1. The molecular formula is C27H23F2N3O4. The monoisotopic (exact) mass is 491 g/mol. The minimum atomic E-state index is -0.765. The van der Waals surface area contributed by atoms with E-state index in [1.165, 1.54) is 30.3 Å². The highest BCUT2D eigenvalue weighted by Gasteiger charge is 2.22. The van der Waals surface area contributed by atoms with Crippen LogP contribution in [0.2, 0.25) is 0 Å². The van der Waals surface area contributed by atoms with Crippen LogP contribution in [0, 0.1) is 11.6 Å². The zero-order valence-electron chi connectivity index (χ0n) is 19.3. The summed E-state index contributed by atoms with van der Waals surface area (Å²) in [6, 6.07) is 19.1. The lowest BCUT2D eigenvalue weighted by molar-refractivity contribution is -0.143. The Morgan fingerprint density at radius 3 is 2.25 bits per heavy atom. The van der Waals surface area contributed by atoms with Gasteiger partial charge in [-0.3, -0.25) is 19.5 Å². The molecule has 36 heavy (non-hydrogen) atoms. The average molecular weight is 491 g/mol. The van der Waals surface area contributed by atoms with E-state index >= 15 is 0 Å². The van der Waals surface area contributed by atoms with E-state index in [9.17, 15) is 23.2 Å². The van der Waals surface area contributed by atoms with Crippen LogP contribution in [-0.2, 0) is 9.53 Å². The molecule has 9 heteroatoms. The normalized spacial score (nSPS) is 11.6. The molecule has 4 aromatic rings. The second kappa shape index (κ2) is 10.8. The molecule has 7 nitrogen and oxygen atoms in total. The third-order valence-corrected chi connectivity index (χ3v) is 5.53. The number of hydrogen-bond donors (Lipinski definition) is 2. The number of ether oxygens (including phenoxy) is 1. The summed E-state index contributed by atoms with van der Waals surface area (Å²) >= 11 is 0. The standard InChI is InChI=1S/C27H23F2N3O4/c1-2-36-26(34)16-22(19-9-7-17(8-10-19)18-11-13-20(28)14-12-18)30-27(35)23-15-25(33)32(31-23)24-6-4-3-5-21(24)29/h3-15,22,31H,2,16H2,1H3,(H,30,35). The first-order valence-electron chi connectivity index (χ1n) is 11.2. The highest BCUT2D eigenvalue weighted by molar-refractivity contribution is 5.92. The van der Waals surface area contributed by atoms with Crippen LogP contribution < -0.4 is 10.9 Å². The summed E-state index contributed by atoms with van der Waals surface area (Å²) in [6.45, 7) is 1.86. The van der Waals surface area contributed by atoms with Crippen LogP contribution in [0.1, 0.15) is 35.4 Å². The van der Waals surface area contributed by atoms with Crippen molar-refractivity contribution in [1.82, 2.24) is 15.1 Å². The third-order valence-electron chi connectivity index (χ3n) is 5.53. The van der Waals surface area contributed by atoms with Gasteiger partial charge in [0.25, 0.3) is 11.5 Å². The minimum Gasteiger partial charge on any atom is -0.466 e. The zero-order valence-corrected chi connectivity index (χ0v) is 19.3. The summed E-state index contributed by atoms with van der Waals surface area (Å²) in [5, 5.41) is 5.36. The minimum absolute atomic E-state index is 0.0268. The van der Waals surface area contributed by atoms with E-state index in [-0.39, 0.29) is 30.2 Å². The van der Waals surface area contributed by atoms with Crippen LogP contribution in [-0.4, -0.2) is 28.3 Å². The van der Waals surface area contributed by atoms with E-state index in [0.717, 1.165) is 21.9 Å². The van der Waals surface area contributed by atoms with Crippen LogP contribution in [0.15, 0.2) is 83.7 Å². The smallest absolute Gasteiger partial charge is 0.308 e. The fourth-order valence-corrected chi connectivity index (χ4v) is 3.75. The number of aromatic nitrogens is 2. The van der Waals surface area contributed by atoms with Crippen molar-refractivity contribution in [3.8, 4) is 16.8 Å². The summed E-state index contributed by atoms with van der Waals surface area (Å²) in [6.07, 6.45) is -0.145. The van der Waals surface area contributed by atoms with Gasteiger partial charge in [-0.2, -0.15) is 0 Å². The Balaban J connectivity index is 1.59. The maximum absolute atomic E-state index is 14.1. The van der Waals surface area contributed by atoms with Crippen LogP contribution in [0.4, 0.5) is 8.78 Å². The molecule has 1 unspecified atom stereocenters. The quantitative estimate of drug-likeness (QED) is 0.354. The Morgan fingerprint density at radius 2 is 1.61 bits per heavy atom. The van der Waals surface area contributed by atoms with Gasteiger partial charge >= 0.3 is 5.97 Å². The second-order valence-corrected chi connectivity index (χ2v) is 7.96. The number of hydrogen-bond acceptors (Lipinski definition) is 4. The van der Waals surface area contributed by atoms with Gasteiger partial charge in [-0.05, 0) is 47.9 Å². The van der Waals surface area contributed by atoms with E-state index in [1.54, 1.807) is 49.4 Å². The number of esters is 1. The fraction of sp³-hybridized carbons (Fsp3) is 0.148. The first-order valence-corrected chi connectivity index (χ1v) is 11.2. The van der Waals surface area contributed by atoms with Gasteiger partial charge in [0.15, 0.2) is 0 Å². The van der Waals surface area contributed by atoms with Crippen molar-refractivity contribution in [2.24, 2.45) is 0 Å². The number of nitrogens with zero attached hydrogens (tertiary/aromatic N) is 1.